The number of hydrogen-bond donors (Lipinski definition) is 1. The molecule has 0 aromatic heterocycles. The van der Waals surface area contributed by atoms with Gasteiger partial charge in [-0.3, -0.25) is 0 Å². The molecule has 1 saturated heterocycles. The highest BCUT2D eigenvalue weighted by molar-refractivity contribution is 4.62. The van der Waals surface area contributed by atoms with Gasteiger partial charge in [-0.1, -0.05) is 0 Å². The molecular weight excluding hydrogens is 90.1 g/mol. The Hall–Kier alpha value is -0.0800. The van der Waals surface area contributed by atoms with Gasteiger partial charge in [0.2, 0.25) is 0 Å². The summed E-state index contributed by atoms with van der Waals surface area (Å²) in [5.41, 5.74) is 0. The predicted molar refractivity (Wildman–Crippen MR) is 27.7 cm³/mol. The molecule has 1 fully saturated rings. The second-order valence-corrected chi connectivity index (χ2v) is 1.59. The van der Waals surface area contributed by atoms with Crippen LogP contribution in [0.25, 0.3) is 0 Å². The molecule has 1 N–H and O–H groups in total. The van der Waals surface area contributed by atoms with Crippen molar-refractivity contribution >= 4 is 0 Å². The molecule has 41 valence electrons. The van der Waals surface area contributed by atoms with Gasteiger partial charge in [-0.2, -0.15) is 0 Å². The van der Waals surface area contributed by atoms with E-state index >= 15 is 0 Å². The summed E-state index contributed by atoms with van der Waals surface area (Å²) in [6.07, 6.45) is 1.14. The zero-order valence-electron chi connectivity index (χ0n) is 4.31. The van der Waals surface area contributed by atoms with Crippen LogP contribution >= 0.6 is 0 Å². The maximum atomic E-state index is 5.08. The van der Waals surface area contributed by atoms with Crippen molar-refractivity contribution < 1.29 is 4.74 Å². The highest BCUT2D eigenvalue weighted by atomic mass is 16.5. The van der Waals surface area contributed by atoms with Crippen LogP contribution in [0.4, 0.5) is 0 Å². The van der Waals surface area contributed by atoms with Crippen molar-refractivity contribution in [3.8, 4) is 0 Å². The van der Waals surface area contributed by atoms with Gasteiger partial charge in [-0.05, 0) is 13.0 Å². The van der Waals surface area contributed by atoms with E-state index in [9.17, 15) is 0 Å². The molecule has 0 spiro atoms. The van der Waals surface area contributed by atoms with Gasteiger partial charge in [-0.15, -0.1) is 0 Å². The first-order valence-corrected chi connectivity index (χ1v) is 2.63. The molecule has 2 heteroatoms. The van der Waals surface area contributed by atoms with Crippen molar-refractivity contribution in [1.29, 1.82) is 0 Å². The van der Waals surface area contributed by atoms with Crippen LogP contribution in [0.2, 0.25) is 0 Å². The highest BCUT2D eigenvalue weighted by Crippen LogP contribution is 1.87. The first kappa shape index (κ1) is 5.06. The lowest BCUT2D eigenvalue weighted by Crippen LogP contribution is -2.09. The van der Waals surface area contributed by atoms with E-state index in [-0.39, 0.29) is 0 Å². The molecule has 1 heterocycles. The van der Waals surface area contributed by atoms with E-state index in [1.54, 1.807) is 0 Å². The molecule has 0 unspecified atom stereocenters. The summed E-state index contributed by atoms with van der Waals surface area (Å²) in [7, 11) is 0. The van der Waals surface area contributed by atoms with Crippen LogP contribution in [0.5, 0.6) is 0 Å². The van der Waals surface area contributed by atoms with Crippen molar-refractivity contribution in [3.63, 3.8) is 0 Å². The maximum absolute atomic E-state index is 5.08. The predicted octanol–water partition coefficient (Wildman–Crippen LogP) is 0.158. The Balaban J connectivity index is 2.04. The average molecular weight is 100 g/mol. The van der Waals surface area contributed by atoms with E-state index in [0.717, 1.165) is 26.2 Å². The third-order valence-electron chi connectivity index (χ3n) is 0.955. The van der Waals surface area contributed by atoms with E-state index in [1.165, 1.54) is 0 Å². The van der Waals surface area contributed by atoms with Gasteiger partial charge in [0.05, 0.1) is 6.61 Å². The smallest absolute Gasteiger partial charge is 0.0635 e. The lowest BCUT2D eigenvalue weighted by molar-refractivity contribution is 0.162. The number of hydrogen-bond acceptors (Lipinski definition) is 2. The third-order valence-corrected chi connectivity index (χ3v) is 0.955. The Morgan fingerprint density at radius 3 is 3.57 bits per heavy atom. The fourth-order valence-electron chi connectivity index (χ4n) is 0.580. The van der Waals surface area contributed by atoms with E-state index < -0.39 is 0 Å². The average Bonchev–Trinajstić information content (AvgIpc) is 1.90. The Labute approximate surface area is 43.9 Å². The molecule has 7 heavy (non-hydrogen) atoms. The minimum Gasteiger partial charge on any atom is -0.380 e. The second kappa shape index (κ2) is 2.99. The van der Waals surface area contributed by atoms with Gasteiger partial charge in [0.25, 0.3) is 0 Å². The maximum Gasteiger partial charge on any atom is 0.0635 e. The Morgan fingerprint density at radius 2 is 2.57 bits per heavy atom. The quantitative estimate of drug-likeness (QED) is 0.468. The summed E-state index contributed by atoms with van der Waals surface area (Å²) in [4.78, 5) is 0. The van der Waals surface area contributed by atoms with Gasteiger partial charge in [-0.25, -0.2) is 0 Å². The van der Waals surface area contributed by atoms with Crippen molar-refractivity contribution in [3.05, 3.63) is 6.54 Å². The number of nitrogens with one attached hydrogen (secondary N) is 1. The Morgan fingerprint density at radius 1 is 1.57 bits per heavy atom. The van der Waals surface area contributed by atoms with Crippen molar-refractivity contribution in [1.82, 2.24) is 5.32 Å². The first-order chi connectivity index (χ1) is 3.50. The fraction of sp³-hybridized carbons (Fsp3) is 0.800. The third kappa shape index (κ3) is 1.90. The fourth-order valence-corrected chi connectivity index (χ4v) is 0.580. The standard InChI is InChI=1S/C5H10NO/c1-2-6-3-5-7-4-1/h3,6H,1-2,4-5H2. The van der Waals surface area contributed by atoms with E-state index in [2.05, 4.69) is 5.32 Å². The van der Waals surface area contributed by atoms with E-state index in [0.29, 0.717) is 0 Å². The molecule has 0 bridgehead atoms. The minimum atomic E-state index is 0.764. The minimum absolute atomic E-state index is 0.764. The Bertz CT molecular complexity index is 27.7. The lowest BCUT2D eigenvalue weighted by atomic mass is 10.5. The molecule has 0 saturated carbocycles. The Kier molecular flexibility index (Phi) is 2.17. The van der Waals surface area contributed by atoms with E-state index in [1.807, 2.05) is 6.54 Å². The van der Waals surface area contributed by atoms with Gasteiger partial charge < -0.3 is 10.1 Å². The summed E-state index contributed by atoms with van der Waals surface area (Å²) in [5.74, 6) is 0. The first-order valence-electron chi connectivity index (χ1n) is 2.63. The van der Waals surface area contributed by atoms with E-state index in [4.69, 9.17) is 4.74 Å². The zero-order chi connectivity index (χ0) is 4.95. The molecular formula is C5H10NO. The van der Waals surface area contributed by atoms with Crippen LogP contribution in [0.1, 0.15) is 6.42 Å². The van der Waals surface area contributed by atoms with Gasteiger partial charge in [0, 0.05) is 13.2 Å². The molecule has 1 aliphatic heterocycles. The summed E-state index contributed by atoms with van der Waals surface area (Å²) < 4.78 is 5.08. The van der Waals surface area contributed by atoms with Crippen LogP contribution in [0.3, 0.4) is 0 Å². The van der Waals surface area contributed by atoms with Crippen LogP contribution in [-0.4, -0.2) is 19.8 Å². The number of ether oxygens (including phenoxy) is 1. The molecule has 0 aromatic rings. The van der Waals surface area contributed by atoms with Gasteiger partial charge in [0.1, 0.15) is 0 Å². The van der Waals surface area contributed by atoms with Crippen LogP contribution in [-0.2, 0) is 4.74 Å². The van der Waals surface area contributed by atoms with Crippen molar-refractivity contribution in [2.75, 3.05) is 19.8 Å². The molecule has 0 atom stereocenters. The lowest BCUT2D eigenvalue weighted by Gasteiger charge is -1.91. The summed E-state index contributed by atoms with van der Waals surface area (Å²) in [6, 6.07) is 0. The molecule has 0 amide bonds. The second-order valence-electron chi connectivity index (χ2n) is 1.59. The van der Waals surface area contributed by atoms with Gasteiger partial charge >= 0.3 is 0 Å². The van der Waals surface area contributed by atoms with Crippen LogP contribution in [0.15, 0.2) is 0 Å². The molecule has 0 aliphatic carbocycles. The van der Waals surface area contributed by atoms with Gasteiger partial charge in [0.15, 0.2) is 0 Å². The topological polar surface area (TPSA) is 21.3 Å². The van der Waals surface area contributed by atoms with Crippen LogP contribution in [0, 0.1) is 6.54 Å². The largest absolute Gasteiger partial charge is 0.380 e. The molecule has 2 nitrogen and oxygen atoms in total. The van der Waals surface area contributed by atoms with Crippen molar-refractivity contribution in [2.45, 2.75) is 6.42 Å². The SMILES string of the molecule is [CH]1COCCCN1. The number of rotatable bonds is 0. The summed E-state index contributed by atoms with van der Waals surface area (Å²) in [6.45, 7) is 4.69. The normalized spacial score (nSPS) is 24.0. The van der Waals surface area contributed by atoms with Crippen LogP contribution < -0.4 is 5.32 Å². The molecule has 1 radical (unpaired) electrons. The summed E-state index contributed by atoms with van der Waals surface area (Å²) >= 11 is 0. The molecule has 1 rings (SSSR count). The van der Waals surface area contributed by atoms with Crippen molar-refractivity contribution in [2.24, 2.45) is 0 Å². The molecule has 0 aromatic carbocycles. The summed E-state index contributed by atoms with van der Waals surface area (Å²) in [5, 5.41) is 3.10. The molecule has 1 aliphatic rings. The monoisotopic (exact) mass is 100 g/mol. The zero-order valence-corrected chi connectivity index (χ0v) is 4.31. The highest BCUT2D eigenvalue weighted by Gasteiger charge is 1.94.